The van der Waals surface area contributed by atoms with Gasteiger partial charge in [-0.25, -0.2) is 0 Å². The molecule has 0 aromatic carbocycles. The lowest BCUT2D eigenvalue weighted by atomic mass is 9.96. The van der Waals surface area contributed by atoms with E-state index in [1.54, 1.807) is 0 Å². The van der Waals surface area contributed by atoms with Crippen molar-refractivity contribution in [3.8, 4) is 0 Å². The Bertz CT molecular complexity index is 150. The van der Waals surface area contributed by atoms with Crippen molar-refractivity contribution in [2.75, 3.05) is 0 Å². The summed E-state index contributed by atoms with van der Waals surface area (Å²) in [7, 11) is 0. The van der Waals surface area contributed by atoms with Gasteiger partial charge in [0.05, 0.1) is 0 Å². The van der Waals surface area contributed by atoms with Crippen LogP contribution in [0.3, 0.4) is 0 Å². The molecule has 0 saturated heterocycles. The van der Waals surface area contributed by atoms with Crippen LogP contribution in [-0.4, -0.2) is 0 Å². The summed E-state index contributed by atoms with van der Waals surface area (Å²) < 4.78 is 0. The van der Waals surface area contributed by atoms with Crippen LogP contribution in [0.2, 0.25) is 0 Å². The summed E-state index contributed by atoms with van der Waals surface area (Å²) in [6, 6.07) is 0. The predicted molar refractivity (Wildman–Crippen MR) is 89.5 cm³/mol. The van der Waals surface area contributed by atoms with Crippen molar-refractivity contribution in [1.82, 2.24) is 0 Å². The standard InChI is InChI=1S/C19H39/c1-4-6-8-9-10-11-12-13-14-16-18-19(3)17-15-7-5-2/h5,19H,4,6-18H2,1-3H3. The van der Waals surface area contributed by atoms with Crippen molar-refractivity contribution >= 4 is 0 Å². The summed E-state index contributed by atoms with van der Waals surface area (Å²) in [5.41, 5.74) is 0. The van der Waals surface area contributed by atoms with Crippen LogP contribution in [0.4, 0.5) is 0 Å². The number of unbranched alkanes of at least 4 members (excludes halogenated alkanes) is 11. The second-order valence-electron chi connectivity index (χ2n) is 6.41. The summed E-state index contributed by atoms with van der Waals surface area (Å²) in [4.78, 5) is 0. The fourth-order valence-electron chi connectivity index (χ4n) is 2.80. The number of hydrogen-bond acceptors (Lipinski definition) is 0. The molecular formula is C19H39. The molecular weight excluding hydrogens is 228 g/mol. The zero-order valence-electron chi connectivity index (χ0n) is 14.1. The van der Waals surface area contributed by atoms with Gasteiger partial charge in [0.1, 0.15) is 0 Å². The number of rotatable bonds is 15. The third kappa shape index (κ3) is 15.9. The summed E-state index contributed by atoms with van der Waals surface area (Å²) in [6.07, 6.45) is 22.5. The van der Waals surface area contributed by atoms with E-state index >= 15 is 0 Å². The first-order valence-electron chi connectivity index (χ1n) is 9.09. The summed E-state index contributed by atoms with van der Waals surface area (Å²) in [5, 5.41) is 0. The summed E-state index contributed by atoms with van der Waals surface area (Å²) >= 11 is 0. The highest BCUT2D eigenvalue weighted by Crippen LogP contribution is 2.17. The zero-order chi connectivity index (χ0) is 14.2. The Labute approximate surface area is 123 Å². The zero-order valence-corrected chi connectivity index (χ0v) is 14.1. The molecule has 0 rings (SSSR count). The van der Waals surface area contributed by atoms with Crippen molar-refractivity contribution in [2.45, 2.75) is 111 Å². The minimum absolute atomic E-state index is 0.953. The van der Waals surface area contributed by atoms with Gasteiger partial charge in [-0.1, -0.05) is 111 Å². The van der Waals surface area contributed by atoms with E-state index in [2.05, 4.69) is 27.2 Å². The summed E-state index contributed by atoms with van der Waals surface area (Å²) in [5.74, 6) is 0.953. The maximum atomic E-state index is 2.43. The van der Waals surface area contributed by atoms with E-state index in [1.807, 2.05) is 0 Å². The third-order valence-corrected chi connectivity index (χ3v) is 4.24. The largest absolute Gasteiger partial charge is 0.0654 e. The average molecular weight is 268 g/mol. The predicted octanol–water partition coefficient (Wildman–Crippen LogP) is 7.33. The first-order valence-corrected chi connectivity index (χ1v) is 9.09. The Hall–Kier alpha value is 0. The van der Waals surface area contributed by atoms with Gasteiger partial charge in [0, 0.05) is 0 Å². The lowest BCUT2D eigenvalue weighted by Gasteiger charge is -2.10. The molecule has 0 amide bonds. The molecule has 1 atom stereocenters. The van der Waals surface area contributed by atoms with Gasteiger partial charge < -0.3 is 0 Å². The molecule has 0 heterocycles. The second-order valence-corrected chi connectivity index (χ2v) is 6.41. The van der Waals surface area contributed by atoms with Crippen molar-refractivity contribution in [3.05, 3.63) is 6.42 Å². The van der Waals surface area contributed by atoms with Crippen LogP contribution in [0.25, 0.3) is 0 Å². The maximum Gasteiger partial charge on any atom is -0.0417 e. The molecule has 0 aliphatic heterocycles. The Morgan fingerprint density at radius 2 is 1.16 bits per heavy atom. The van der Waals surface area contributed by atoms with Crippen molar-refractivity contribution in [3.63, 3.8) is 0 Å². The van der Waals surface area contributed by atoms with Gasteiger partial charge in [-0.2, -0.15) is 0 Å². The molecule has 0 aromatic heterocycles. The molecule has 0 saturated carbocycles. The van der Waals surface area contributed by atoms with Crippen molar-refractivity contribution in [1.29, 1.82) is 0 Å². The Morgan fingerprint density at radius 3 is 1.68 bits per heavy atom. The minimum atomic E-state index is 0.953. The third-order valence-electron chi connectivity index (χ3n) is 4.24. The van der Waals surface area contributed by atoms with E-state index in [0.717, 1.165) is 5.92 Å². The van der Waals surface area contributed by atoms with Crippen molar-refractivity contribution in [2.24, 2.45) is 5.92 Å². The van der Waals surface area contributed by atoms with Gasteiger partial charge in [0.15, 0.2) is 0 Å². The Morgan fingerprint density at radius 1 is 0.684 bits per heavy atom. The van der Waals surface area contributed by atoms with Crippen LogP contribution >= 0.6 is 0 Å². The molecule has 0 aliphatic rings. The highest BCUT2D eigenvalue weighted by atomic mass is 14.1. The molecule has 0 bridgehead atoms. The average Bonchev–Trinajstić information content (AvgIpc) is 2.41. The van der Waals surface area contributed by atoms with Crippen LogP contribution in [0, 0.1) is 12.3 Å². The van der Waals surface area contributed by atoms with E-state index in [0.29, 0.717) is 0 Å². The van der Waals surface area contributed by atoms with Crippen molar-refractivity contribution < 1.29 is 0 Å². The summed E-state index contributed by atoms with van der Waals surface area (Å²) in [6.45, 7) is 6.90. The number of hydrogen-bond donors (Lipinski definition) is 0. The normalized spacial score (nSPS) is 12.8. The van der Waals surface area contributed by atoms with E-state index < -0.39 is 0 Å². The molecule has 0 N–H and O–H groups in total. The van der Waals surface area contributed by atoms with Gasteiger partial charge in [0.25, 0.3) is 0 Å². The topological polar surface area (TPSA) is 0 Å². The van der Waals surface area contributed by atoms with E-state index in [1.165, 1.54) is 89.9 Å². The second kappa shape index (κ2) is 16.1. The molecule has 0 aromatic rings. The molecule has 0 spiro atoms. The van der Waals surface area contributed by atoms with E-state index in [4.69, 9.17) is 0 Å². The SMILES string of the molecule is C[CH]CCCC(C)CCCCCCCCCCCC. The van der Waals surface area contributed by atoms with Gasteiger partial charge in [-0.05, 0) is 12.3 Å². The van der Waals surface area contributed by atoms with E-state index in [-0.39, 0.29) is 0 Å². The quantitative estimate of drug-likeness (QED) is 0.272. The minimum Gasteiger partial charge on any atom is -0.0654 e. The van der Waals surface area contributed by atoms with Crippen LogP contribution in [0.5, 0.6) is 0 Å². The van der Waals surface area contributed by atoms with Gasteiger partial charge in [0.2, 0.25) is 0 Å². The maximum absolute atomic E-state index is 2.43. The molecule has 1 unspecified atom stereocenters. The fraction of sp³-hybridized carbons (Fsp3) is 0.947. The molecule has 19 heavy (non-hydrogen) atoms. The lowest BCUT2D eigenvalue weighted by molar-refractivity contribution is 0.442. The molecule has 115 valence electrons. The van der Waals surface area contributed by atoms with Crippen LogP contribution < -0.4 is 0 Å². The molecule has 0 aliphatic carbocycles. The lowest BCUT2D eigenvalue weighted by Crippen LogP contribution is -1.95. The Kier molecular flexibility index (Phi) is 16.1. The van der Waals surface area contributed by atoms with Gasteiger partial charge in [-0.3, -0.25) is 0 Å². The highest BCUT2D eigenvalue weighted by Gasteiger charge is 2.01. The van der Waals surface area contributed by atoms with Crippen LogP contribution in [-0.2, 0) is 0 Å². The molecule has 1 radical (unpaired) electrons. The molecule has 0 nitrogen and oxygen atoms in total. The molecule has 0 fully saturated rings. The van der Waals surface area contributed by atoms with E-state index in [9.17, 15) is 0 Å². The van der Waals surface area contributed by atoms with Crippen LogP contribution in [0.15, 0.2) is 0 Å². The van der Waals surface area contributed by atoms with Gasteiger partial charge in [-0.15, -0.1) is 0 Å². The smallest absolute Gasteiger partial charge is 0.0417 e. The van der Waals surface area contributed by atoms with Crippen LogP contribution in [0.1, 0.15) is 111 Å². The fourth-order valence-corrected chi connectivity index (χ4v) is 2.80. The highest BCUT2D eigenvalue weighted by molar-refractivity contribution is 4.60. The monoisotopic (exact) mass is 267 g/mol. The van der Waals surface area contributed by atoms with Gasteiger partial charge >= 0.3 is 0 Å². The molecule has 0 heteroatoms. The first kappa shape index (κ1) is 19.0. The first-order chi connectivity index (χ1) is 9.31. The Balaban J connectivity index is 3.05.